The number of halogens is 1. The van der Waals surface area contributed by atoms with Crippen molar-refractivity contribution in [1.29, 1.82) is 0 Å². The molecule has 1 heterocycles. The molecule has 9 heteroatoms. The van der Waals surface area contributed by atoms with Crippen molar-refractivity contribution in [2.24, 2.45) is 16.5 Å². The van der Waals surface area contributed by atoms with E-state index < -0.39 is 17.9 Å². The van der Waals surface area contributed by atoms with Crippen LogP contribution in [0.4, 0.5) is 5.69 Å². The first-order valence-electron chi connectivity index (χ1n) is 10.6. The number of carboxylic acid groups (broad SMARTS) is 1. The number of guanidine groups is 1. The summed E-state index contributed by atoms with van der Waals surface area (Å²) < 4.78 is 0. The largest absolute Gasteiger partial charge is 0.480 e. The predicted octanol–water partition coefficient (Wildman–Crippen LogP) is 2.53. The fourth-order valence-corrected chi connectivity index (χ4v) is 3.86. The van der Waals surface area contributed by atoms with Crippen LogP contribution in [0.15, 0.2) is 47.5 Å². The van der Waals surface area contributed by atoms with E-state index in [1.54, 1.807) is 24.3 Å². The van der Waals surface area contributed by atoms with E-state index >= 15 is 0 Å². The molecule has 1 aliphatic heterocycles. The number of amides is 1. The maximum absolute atomic E-state index is 12.4. The molecule has 0 aromatic heterocycles. The Labute approximate surface area is 192 Å². The van der Waals surface area contributed by atoms with Crippen molar-refractivity contribution >= 4 is 35.1 Å². The van der Waals surface area contributed by atoms with Crippen molar-refractivity contribution < 1.29 is 14.7 Å². The van der Waals surface area contributed by atoms with Crippen molar-refractivity contribution in [3.8, 4) is 0 Å². The van der Waals surface area contributed by atoms with Gasteiger partial charge in [-0.2, -0.15) is 4.99 Å². The van der Waals surface area contributed by atoms with Gasteiger partial charge in [0, 0.05) is 35.9 Å². The maximum Gasteiger partial charge on any atom is 0.320 e. The Morgan fingerprint density at radius 3 is 2.47 bits per heavy atom. The molecule has 32 heavy (non-hydrogen) atoms. The molecule has 1 fully saturated rings. The number of nitrogens with one attached hydrogen (secondary N) is 1. The molecule has 2 aromatic rings. The van der Waals surface area contributed by atoms with Gasteiger partial charge in [0.2, 0.25) is 0 Å². The summed E-state index contributed by atoms with van der Waals surface area (Å²) in [6.45, 7) is 2.40. The van der Waals surface area contributed by atoms with Gasteiger partial charge in [-0.3, -0.25) is 9.59 Å². The van der Waals surface area contributed by atoms with Gasteiger partial charge < -0.3 is 26.8 Å². The van der Waals surface area contributed by atoms with Gasteiger partial charge >= 0.3 is 5.97 Å². The number of carbonyl (C=O) groups excluding carboxylic acids is 1. The summed E-state index contributed by atoms with van der Waals surface area (Å²) in [5.74, 6) is -1.56. The van der Waals surface area contributed by atoms with Gasteiger partial charge in [0.15, 0.2) is 5.96 Å². The SMILES string of the molecule is N/C(=N\C(=O)c1ccc(C[C@H](N)C(=O)O)cc1)NCc1cc(Cl)ccc1N1CCCCC1. The number of hydrogen-bond donors (Lipinski definition) is 4. The lowest BCUT2D eigenvalue weighted by Crippen LogP contribution is -2.34. The second kappa shape index (κ2) is 11.0. The Bertz CT molecular complexity index is 988. The second-order valence-electron chi connectivity index (χ2n) is 7.82. The van der Waals surface area contributed by atoms with Gasteiger partial charge in [-0.1, -0.05) is 23.7 Å². The van der Waals surface area contributed by atoms with E-state index in [1.807, 2.05) is 18.2 Å². The number of carbonyl (C=O) groups is 2. The first-order chi connectivity index (χ1) is 15.3. The van der Waals surface area contributed by atoms with Gasteiger partial charge in [-0.15, -0.1) is 0 Å². The number of aliphatic imine (C=N–C) groups is 1. The van der Waals surface area contributed by atoms with Gasteiger partial charge in [0.05, 0.1) is 0 Å². The summed E-state index contributed by atoms with van der Waals surface area (Å²) in [4.78, 5) is 29.6. The molecule has 1 amide bonds. The molecule has 1 aliphatic rings. The molecular formula is C23H28ClN5O3. The van der Waals surface area contributed by atoms with E-state index in [2.05, 4.69) is 15.2 Å². The summed E-state index contributed by atoms with van der Waals surface area (Å²) in [6.07, 6.45) is 3.74. The third-order valence-corrected chi connectivity index (χ3v) is 5.63. The molecule has 6 N–H and O–H groups in total. The number of aliphatic carboxylic acids is 1. The number of benzene rings is 2. The van der Waals surface area contributed by atoms with Crippen LogP contribution in [-0.4, -0.2) is 42.1 Å². The van der Waals surface area contributed by atoms with Crippen LogP contribution in [0.5, 0.6) is 0 Å². The summed E-state index contributed by atoms with van der Waals surface area (Å²) in [5, 5.41) is 12.5. The Kier molecular flexibility index (Phi) is 8.08. The monoisotopic (exact) mass is 457 g/mol. The second-order valence-corrected chi connectivity index (χ2v) is 8.26. The summed E-state index contributed by atoms with van der Waals surface area (Å²) in [7, 11) is 0. The summed E-state index contributed by atoms with van der Waals surface area (Å²) in [6, 6.07) is 11.3. The van der Waals surface area contributed by atoms with E-state index in [1.165, 1.54) is 6.42 Å². The fraction of sp³-hybridized carbons (Fsp3) is 0.348. The molecule has 3 rings (SSSR count). The normalized spacial score (nSPS) is 15.3. The van der Waals surface area contributed by atoms with Crippen molar-refractivity contribution in [3.63, 3.8) is 0 Å². The van der Waals surface area contributed by atoms with Gasteiger partial charge in [0.1, 0.15) is 6.04 Å². The average Bonchev–Trinajstić information content (AvgIpc) is 2.78. The highest BCUT2D eigenvalue weighted by Crippen LogP contribution is 2.27. The first-order valence-corrected chi connectivity index (χ1v) is 10.9. The number of hydrogen-bond acceptors (Lipinski definition) is 4. The lowest BCUT2D eigenvalue weighted by Gasteiger charge is -2.30. The van der Waals surface area contributed by atoms with E-state index in [9.17, 15) is 9.59 Å². The van der Waals surface area contributed by atoms with Crippen LogP contribution in [-0.2, 0) is 17.8 Å². The first kappa shape index (κ1) is 23.6. The summed E-state index contributed by atoms with van der Waals surface area (Å²) >= 11 is 6.19. The molecule has 0 unspecified atom stereocenters. The van der Waals surface area contributed by atoms with Crippen molar-refractivity contribution in [2.75, 3.05) is 18.0 Å². The third-order valence-electron chi connectivity index (χ3n) is 5.39. The molecule has 8 nitrogen and oxygen atoms in total. The van der Waals surface area contributed by atoms with Crippen LogP contribution >= 0.6 is 11.6 Å². The third kappa shape index (κ3) is 6.45. The molecule has 0 bridgehead atoms. The fourth-order valence-electron chi connectivity index (χ4n) is 3.66. The zero-order valence-electron chi connectivity index (χ0n) is 17.8. The minimum atomic E-state index is -1.07. The molecule has 170 valence electrons. The van der Waals surface area contributed by atoms with E-state index in [-0.39, 0.29) is 12.4 Å². The predicted molar refractivity (Wildman–Crippen MR) is 126 cm³/mol. The maximum atomic E-state index is 12.4. The molecule has 0 radical (unpaired) electrons. The highest BCUT2D eigenvalue weighted by Gasteiger charge is 2.16. The van der Waals surface area contributed by atoms with Gasteiger partial charge in [-0.25, -0.2) is 0 Å². The number of rotatable bonds is 7. The average molecular weight is 458 g/mol. The van der Waals surface area contributed by atoms with Crippen molar-refractivity contribution in [2.45, 2.75) is 38.3 Å². The number of nitrogens with zero attached hydrogens (tertiary/aromatic N) is 2. The van der Waals surface area contributed by atoms with Crippen LogP contribution in [0.2, 0.25) is 5.02 Å². The zero-order valence-corrected chi connectivity index (χ0v) is 18.5. The Hall–Kier alpha value is -3.10. The minimum absolute atomic E-state index is 0.0107. The Balaban J connectivity index is 1.63. The Morgan fingerprint density at radius 1 is 1.12 bits per heavy atom. The standard InChI is InChI=1S/C23H28ClN5O3/c24-18-8-9-20(29-10-2-1-3-11-29)17(13-18)14-27-23(26)28-21(30)16-6-4-15(5-7-16)12-19(25)22(31)32/h4-9,13,19H,1-3,10-12,14,25H2,(H,31,32)(H3,26,27,28,30)/t19-/m0/s1. The van der Waals surface area contributed by atoms with Crippen LogP contribution in [0.3, 0.4) is 0 Å². The van der Waals surface area contributed by atoms with Crippen LogP contribution in [0.25, 0.3) is 0 Å². The van der Waals surface area contributed by atoms with E-state index in [0.29, 0.717) is 17.1 Å². The zero-order chi connectivity index (χ0) is 23.1. The number of piperidine rings is 1. The van der Waals surface area contributed by atoms with E-state index in [0.717, 1.165) is 42.7 Å². The smallest absolute Gasteiger partial charge is 0.320 e. The lowest BCUT2D eigenvalue weighted by atomic mass is 10.0. The quantitative estimate of drug-likeness (QED) is 0.370. The van der Waals surface area contributed by atoms with E-state index in [4.69, 9.17) is 28.2 Å². The Morgan fingerprint density at radius 2 is 1.81 bits per heavy atom. The number of anilines is 1. The number of carboxylic acids is 1. The highest BCUT2D eigenvalue weighted by molar-refractivity contribution is 6.30. The molecule has 2 aromatic carbocycles. The molecule has 0 spiro atoms. The van der Waals surface area contributed by atoms with Gasteiger partial charge in [-0.05, 0) is 67.1 Å². The molecule has 1 atom stereocenters. The van der Waals surface area contributed by atoms with Crippen LogP contribution in [0, 0.1) is 0 Å². The molecule has 0 saturated carbocycles. The summed E-state index contributed by atoms with van der Waals surface area (Å²) in [5.41, 5.74) is 14.6. The molecular weight excluding hydrogens is 430 g/mol. The van der Waals surface area contributed by atoms with Crippen LogP contribution < -0.4 is 21.7 Å². The molecule has 1 saturated heterocycles. The van der Waals surface area contributed by atoms with Crippen molar-refractivity contribution in [3.05, 3.63) is 64.2 Å². The highest BCUT2D eigenvalue weighted by atomic mass is 35.5. The minimum Gasteiger partial charge on any atom is -0.480 e. The molecule has 0 aliphatic carbocycles. The van der Waals surface area contributed by atoms with Crippen molar-refractivity contribution in [1.82, 2.24) is 5.32 Å². The van der Waals surface area contributed by atoms with Crippen LogP contribution in [0.1, 0.15) is 40.7 Å². The topological polar surface area (TPSA) is 134 Å². The number of nitrogens with two attached hydrogens (primary N) is 2. The lowest BCUT2D eigenvalue weighted by molar-refractivity contribution is -0.138. The van der Waals surface area contributed by atoms with Gasteiger partial charge in [0.25, 0.3) is 5.91 Å².